The van der Waals surface area contributed by atoms with E-state index in [4.69, 9.17) is 24.8 Å². The van der Waals surface area contributed by atoms with Crippen LogP contribution in [0.3, 0.4) is 0 Å². The molecule has 0 bridgehead atoms. The van der Waals surface area contributed by atoms with Gasteiger partial charge in [0.05, 0.1) is 12.3 Å². The first-order valence-electron chi connectivity index (χ1n) is 7.09. The Morgan fingerprint density at radius 2 is 1.52 bits per heavy atom. The summed E-state index contributed by atoms with van der Waals surface area (Å²) in [6.45, 7) is 0.953. The molecule has 0 amide bonds. The van der Waals surface area contributed by atoms with Crippen LogP contribution >= 0.6 is 7.60 Å². The minimum atomic E-state index is -5.25. The van der Waals surface area contributed by atoms with Crippen molar-refractivity contribution in [3.63, 3.8) is 0 Å². The van der Waals surface area contributed by atoms with Crippen LogP contribution in [0, 0.1) is 5.92 Å². The predicted octanol–water partition coefficient (Wildman–Crippen LogP) is 0.0424. The molecular weight excluding hydrogens is 333 g/mol. The SMILES string of the molecule is O=C(CC(C(=O)O)C(C(=O)O)P(=O)(O)O)ON1CCCCCC1. The van der Waals surface area contributed by atoms with Crippen LogP contribution in [0.4, 0.5) is 0 Å². The van der Waals surface area contributed by atoms with E-state index in [0.717, 1.165) is 25.7 Å². The molecule has 1 rings (SSSR count). The van der Waals surface area contributed by atoms with E-state index >= 15 is 0 Å². The number of aliphatic carboxylic acids is 2. The summed E-state index contributed by atoms with van der Waals surface area (Å²) in [6.07, 6.45) is 2.62. The number of rotatable bonds is 7. The van der Waals surface area contributed by atoms with Crippen LogP contribution in [0.2, 0.25) is 0 Å². The molecular formula is C12H20NO9P. The molecule has 0 radical (unpaired) electrons. The highest BCUT2D eigenvalue weighted by molar-refractivity contribution is 7.53. The van der Waals surface area contributed by atoms with Gasteiger partial charge >= 0.3 is 25.5 Å². The van der Waals surface area contributed by atoms with E-state index in [2.05, 4.69) is 0 Å². The normalized spacial score (nSPS) is 19.4. The van der Waals surface area contributed by atoms with Gasteiger partial charge in [0.1, 0.15) is 0 Å². The Morgan fingerprint density at radius 3 is 1.91 bits per heavy atom. The van der Waals surface area contributed by atoms with Crippen LogP contribution in [-0.4, -0.2) is 61.7 Å². The number of hydrogen-bond donors (Lipinski definition) is 4. The second kappa shape index (κ2) is 8.39. The zero-order valence-electron chi connectivity index (χ0n) is 12.3. The highest BCUT2D eigenvalue weighted by Gasteiger charge is 2.47. The third kappa shape index (κ3) is 6.26. The smallest absolute Gasteiger partial charge is 0.340 e. The molecule has 23 heavy (non-hydrogen) atoms. The lowest BCUT2D eigenvalue weighted by Gasteiger charge is -2.23. The fourth-order valence-electron chi connectivity index (χ4n) is 2.38. The first kappa shape index (κ1) is 19.6. The summed E-state index contributed by atoms with van der Waals surface area (Å²) in [5.74, 6) is -6.87. The fourth-order valence-corrected chi connectivity index (χ4v) is 3.37. The van der Waals surface area contributed by atoms with Crippen molar-refractivity contribution in [3.05, 3.63) is 0 Å². The molecule has 2 unspecified atom stereocenters. The maximum Gasteiger partial charge on any atom is 0.340 e. The van der Waals surface area contributed by atoms with Crippen LogP contribution in [-0.2, 0) is 23.8 Å². The largest absolute Gasteiger partial charge is 0.481 e. The standard InChI is InChI=1S/C12H20NO9P/c14-9(22-13-5-3-1-2-4-6-13)7-8(11(15)16)10(12(17)18)23(19,20)21/h8,10H,1-7H2,(H,15,16)(H,17,18)(H2,19,20,21). The Balaban J connectivity index is 2.78. The van der Waals surface area contributed by atoms with E-state index in [0.29, 0.717) is 13.1 Å². The molecule has 1 aliphatic rings. The number of carbonyl (C=O) groups is 3. The predicted molar refractivity (Wildman–Crippen MR) is 75.3 cm³/mol. The van der Waals surface area contributed by atoms with Gasteiger partial charge in [0.2, 0.25) is 0 Å². The van der Waals surface area contributed by atoms with E-state index < -0.39 is 43.5 Å². The average molecular weight is 353 g/mol. The van der Waals surface area contributed by atoms with E-state index in [-0.39, 0.29) is 0 Å². The van der Waals surface area contributed by atoms with Gasteiger partial charge in [-0.2, -0.15) is 0 Å². The van der Waals surface area contributed by atoms with Crippen molar-refractivity contribution in [1.82, 2.24) is 5.06 Å². The second-order valence-electron chi connectivity index (χ2n) is 5.33. The van der Waals surface area contributed by atoms with Gasteiger partial charge in [0.25, 0.3) is 0 Å². The Morgan fingerprint density at radius 1 is 1.00 bits per heavy atom. The molecule has 0 aromatic rings. The molecule has 4 N–H and O–H groups in total. The maximum absolute atomic E-state index is 11.8. The minimum Gasteiger partial charge on any atom is -0.481 e. The zero-order valence-corrected chi connectivity index (χ0v) is 13.2. The molecule has 1 saturated heterocycles. The van der Waals surface area contributed by atoms with Crippen molar-refractivity contribution in [2.45, 2.75) is 37.8 Å². The van der Waals surface area contributed by atoms with E-state index in [1.165, 1.54) is 5.06 Å². The van der Waals surface area contributed by atoms with Crippen molar-refractivity contribution in [1.29, 1.82) is 0 Å². The summed E-state index contributed by atoms with van der Waals surface area (Å²) >= 11 is 0. The molecule has 0 aromatic heterocycles. The highest BCUT2D eigenvalue weighted by Crippen LogP contribution is 2.46. The molecule has 0 aliphatic carbocycles. The summed E-state index contributed by atoms with van der Waals surface area (Å²) in [6, 6.07) is 0. The minimum absolute atomic E-state index is 0.477. The van der Waals surface area contributed by atoms with Crippen molar-refractivity contribution in [2.24, 2.45) is 5.92 Å². The summed E-state index contributed by atoms with van der Waals surface area (Å²) in [5.41, 5.74) is -2.50. The van der Waals surface area contributed by atoms with Crippen LogP contribution in [0.1, 0.15) is 32.1 Å². The molecule has 11 heteroatoms. The molecule has 10 nitrogen and oxygen atoms in total. The highest BCUT2D eigenvalue weighted by atomic mass is 31.2. The molecule has 1 heterocycles. The Kier molecular flexibility index (Phi) is 7.14. The fraction of sp³-hybridized carbons (Fsp3) is 0.750. The number of hydrogen-bond acceptors (Lipinski definition) is 6. The van der Waals surface area contributed by atoms with Crippen molar-refractivity contribution < 1.29 is 43.8 Å². The van der Waals surface area contributed by atoms with E-state index in [1.54, 1.807) is 0 Å². The molecule has 1 fully saturated rings. The summed E-state index contributed by atoms with van der Waals surface area (Å²) in [4.78, 5) is 57.0. The van der Waals surface area contributed by atoms with Gasteiger partial charge < -0.3 is 24.8 Å². The second-order valence-corrected chi connectivity index (χ2v) is 7.06. The van der Waals surface area contributed by atoms with Gasteiger partial charge in [-0.25, -0.2) is 0 Å². The topological polar surface area (TPSA) is 162 Å². The van der Waals surface area contributed by atoms with Crippen LogP contribution < -0.4 is 0 Å². The van der Waals surface area contributed by atoms with Crippen LogP contribution in [0.5, 0.6) is 0 Å². The van der Waals surface area contributed by atoms with Crippen molar-refractivity contribution in [3.8, 4) is 0 Å². The van der Waals surface area contributed by atoms with E-state index in [9.17, 15) is 18.9 Å². The lowest BCUT2D eigenvalue weighted by molar-refractivity contribution is -0.192. The Labute approximate surface area is 132 Å². The summed E-state index contributed by atoms with van der Waals surface area (Å²) < 4.78 is 11.2. The van der Waals surface area contributed by atoms with Gasteiger partial charge in [-0.05, 0) is 12.8 Å². The Hall–Kier alpha value is -1.48. The zero-order chi connectivity index (χ0) is 17.6. The van der Waals surface area contributed by atoms with Crippen LogP contribution in [0.15, 0.2) is 0 Å². The third-order valence-electron chi connectivity index (χ3n) is 3.50. The number of carboxylic acid groups (broad SMARTS) is 2. The van der Waals surface area contributed by atoms with Crippen molar-refractivity contribution in [2.75, 3.05) is 13.1 Å². The molecule has 2 atom stereocenters. The summed E-state index contributed by atoms with van der Waals surface area (Å²) in [5, 5.41) is 19.3. The lowest BCUT2D eigenvalue weighted by Crippen LogP contribution is -2.38. The number of carboxylic acids is 2. The number of nitrogens with zero attached hydrogens (tertiary/aromatic N) is 1. The first-order chi connectivity index (χ1) is 10.6. The maximum atomic E-state index is 11.8. The number of hydroxylamine groups is 2. The molecule has 1 aliphatic heterocycles. The monoisotopic (exact) mass is 353 g/mol. The van der Waals surface area contributed by atoms with Gasteiger partial charge in [-0.1, -0.05) is 12.8 Å². The molecule has 0 saturated carbocycles. The lowest BCUT2D eigenvalue weighted by atomic mass is 10.0. The average Bonchev–Trinajstić information content (AvgIpc) is 2.64. The molecule has 132 valence electrons. The van der Waals surface area contributed by atoms with Gasteiger partial charge in [0, 0.05) is 13.1 Å². The van der Waals surface area contributed by atoms with E-state index in [1.807, 2.05) is 0 Å². The summed E-state index contributed by atoms with van der Waals surface area (Å²) in [7, 11) is -5.25. The van der Waals surface area contributed by atoms with Gasteiger partial charge in [0.15, 0.2) is 5.66 Å². The van der Waals surface area contributed by atoms with Gasteiger partial charge in [-0.15, -0.1) is 5.06 Å². The first-order valence-corrected chi connectivity index (χ1v) is 8.77. The van der Waals surface area contributed by atoms with Crippen LogP contribution in [0.25, 0.3) is 0 Å². The third-order valence-corrected chi connectivity index (χ3v) is 4.80. The molecule has 0 spiro atoms. The Bertz CT molecular complexity index is 495. The van der Waals surface area contributed by atoms with Crippen molar-refractivity contribution >= 4 is 25.5 Å². The quantitative estimate of drug-likeness (QED) is 0.460. The molecule has 0 aromatic carbocycles. The van der Waals surface area contributed by atoms with Gasteiger partial charge in [-0.3, -0.25) is 18.9 Å². The number of carbonyl (C=O) groups excluding carboxylic acids is 1.